The van der Waals surface area contributed by atoms with Crippen LogP contribution in [-0.4, -0.2) is 16.9 Å². The molecule has 1 atom stereocenters. The van der Waals surface area contributed by atoms with Crippen LogP contribution < -0.4 is 5.32 Å². The van der Waals surface area contributed by atoms with Crippen LogP contribution in [-0.2, 0) is 11.2 Å². The molecular weight excluding hydrogens is 248 g/mol. The molecule has 3 nitrogen and oxygen atoms in total. The molecule has 2 aromatic rings. The standard InChI is InChI=1S/C17H24N2O/c1-12(2)8-9-13(3)19-17(20)10-14-11-18-16-7-5-4-6-15(14)16/h4-7,11-13,18H,8-10H2,1-3H3,(H,19,20). The summed E-state index contributed by atoms with van der Waals surface area (Å²) in [5.41, 5.74) is 2.15. The molecule has 0 aliphatic heterocycles. The molecule has 1 heterocycles. The number of hydrogen-bond acceptors (Lipinski definition) is 1. The molecule has 0 aliphatic carbocycles. The van der Waals surface area contributed by atoms with Crippen LogP contribution in [0.15, 0.2) is 30.5 Å². The first-order valence-corrected chi connectivity index (χ1v) is 7.40. The average molecular weight is 272 g/mol. The molecule has 1 aromatic carbocycles. The predicted molar refractivity (Wildman–Crippen MR) is 83.7 cm³/mol. The van der Waals surface area contributed by atoms with E-state index in [1.165, 1.54) is 0 Å². The fraction of sp³-hybridized carbons (Fsp3) is 0.471. The number of benzene rings is 1. The molecule has 0 radical (unpaired) electrons. The van der Waals surface area contributed by atoms with E-state index in [-0.39, 0.29) is 11.9 Å². The lowest BCUT2D eigenvalue weighted by molar-refractivity contribution is -0.121. The Balaban J connectivity index is 1.91. The van der Waals surface area contributed by atoms with Crippen molar-refractivity contribution in [2.75, 3.05) is 0 Å². The van der Waals surface area contributed by atoms with Crippen molar-refractivity contribution in [1.29, 1.82) is 0 Å². The van der Waals surface area contributed by atoms with Crippen molar-refractivity contribution < 1.29 is 4.79 Å². The van der Waals surface area contributed by atoms with E-state index >= 15 is 0 Å². The Hall–Kier alpha value is -1.77. The van der Waals surface area contributed by atoms with Gasteiger partial charge in [0, 0.05) is 23.1 Å². The predicted octanol–water partition coefficient (Wildman–Crippen LogP) is 3.65. The lowest BCUT2D eigenvalue weighted by atomic mass is 10.0. The summed E-state index contributed by atoms with van der Waals surface area (Å²) in [6.07, 6.45) is 4.56. The van der Waals surface area contributed by atoms with Crippen LogP contribution in [0.3, 0.4) is 0 Å². The highest BCUT2D eigenvalue weighted by Gasteiger charge is 2.11. The van der Waals surface area contributed by atoms with Crippen LogP contribution >= 0.6 is 0 Å². The fourth-order valence-electron chi connectivity index (χ4n) is 2.43. The Bertz CT molecular complexity index is 571. The third-order valence-electron chi connectivity index (χ3n) is 3.61. The van der Waals surface area contributed by atoms with E-state index in [9.17, 15) is 4.79 Å². The van der Waals surface area contributed by atoms with Crippen molar-refractivity contribution in [2.45, 2.75) is 46.1 Å². The van der Waals surface area contributed by atoms with Gasteiger partial charge in [0.2, 0.25) is 5.91 Å². The molecule has 3 heteroatoms. The molecule has 2 rings (SSSR count). The zero-order chi connectivity index (χ0) is 14.5. The molecule has 0 saturated carbocycles. The van der Waals surface area contributed by atoms with E-state index in [4.69, 9.17) is 0 Å². The average Bonchev–Trinajstić information content (AvgIpc) is 2.80. The molecule has 0 saturated heterocycles. The summed E-state index contributed by atoms with van der Waals surface area (Å²) >= 11 is 0. The number of H-pyrrole nitrogens is 1. The molecule has 108 valence electrons. The topological polar surface area (TPSA) is 44.9 Å². The summed E-state index contributed by atoms with van der Waals surface area (Å²) in [5.74, 6) is 0.786. The second-order valence-corrected chi connectivity index (χ2v) is 5.98. The second-order valence-electron chi connectivity index (χ2n) is 5.98. The highest BCUT2D eigenvalue weighted by Crippen LogP contribution is 2.18. The summed E-state index contributed by atoms with van der Waals surface area (Å²) in [7, 11) is 0. The Morgan fingerprint density at radius 1 is 1.20 bits per heavy atom. The first kappa shape index (κ1) is 14.6. The highest BCUT2D eigenvalue weighted by molar-refractivity contribution is 5.88. The normalized spacial score (nSPS) is 12.8. The van der Waals surface area contributed by atoms with Gasteiger partial charge in [0.25, 0.3) is 0 Å². The van der Waals surface area contributed by atoms with Crippen molar-refractivity contribution in [3.63, 3.8) is 0 Å². The maximum Gasteiger partial charge on any atom is 0.224 e. The summed E-state index contributed by atoms with van der Waals surface area (Å²) in [4.78, 5) is 15.3. The summed E-state index contributed by atoms with van der Waals surface area (Å²) < 4.78 is 0. The van der Waals surface area contributed by atoms with Gasteiger partial charge in [-0.2, -0.15) is 0 Å². The van der Waals surface area contributed by atoms with Crippen LogP contribution in [0.1, 0.15) is 39.2 Å². The smallest absolute Gasteiger partial charge is 0.224 e. The SMILES string of the molecule is CC(C)CCC(C)NC(=O)Cc1c[nH]c2ccccc12. The number of aromatic nitrogens is 1. The fourth-order valence-corrected chi connectivity index (χ4v) is 2.43. The molecule has 0 aliphatic rings. The van der Waals surface area contributed by atoms with E-state index in [1.807, 2.05) is 24.4 Å². The number of hydrogen-bond donors (Lipinski definition) is 2. The van der Waals surface area contributed by atoms with Gasteiger partial charge in [-0.25, -0.2) is 0 Å². The summed E-state index contributed by atoms with van der Waals surface area (Å²) in [5, 5.41) is 4.22. The van der Waals surface area contributed by atoms with Gasteiger partial charge in [0.05, 0.1) is 6.42 Å². The minimum Gasteiger partial charge on any atom is -0.361 e. The lowest BCUT2D eigenvalue weighted by Crippen LogP contribution is -2.33. The van der Waals surface area contributed by atoms with Crippen molar-refractivity contribution >= 4 is 16.8 Å². The largest absolute Gasteiger partial charge is 0.361 e. The highest BCUT2D eigenvalue weighted by atomic mass is 16.1. The van der Waals surface area contributed by atoms with Gasteiger partial charge in [0.15, 0.2) is 0 Å². The van der Waals surface area contributed by atoms with Crippen LogP contribution in [0.5, 0.6) is 0 Å². The van der Waals surface area contributed by atoms with E-state index < -0.39 is 0 Å². The number of rotatable bonds is 6. The van der Waals surface area contributed by atoms with Gasteiger partial charge in [0.1, 0.15) is 0 Å². The quantitative estimate of drug-likeness (QED) is 0.828. The maximum atomic E-state index is 12.1. The number of carbonyl (C=O) groups excluding carboxylic acids is 1. The number of carbonyl (C=O) groups is 1. The van der Waals surface area contributed by atoms with Gasteiger partial charge < -0.3 is 10.3 Å². The van der Waals surface area contributed by atoms with Crippen molar-refractivity contribution in [3.8, 4) is 0 Å². The first-order chi connectivity index (χ1) is 9.56. The minimum atomic E-state index is 0.103. The van der Waals surface area contributed by atoms with Crippen molar-refractivity contribution in [3.05, 3.63) is 36.0 Å². The van der Waals surface area contributed by atoms with E-state index in [0.29, 0.717) is 12.3 Å². The molecule has 1 aromatic heterocycles. The molecule has 2 N–H and O–H groups in total. The lowest BCUT2D eigenvalue weighted by Gasteiger charge is -2.14. The molecular formula is C17H24N2O. The third-order valence-corrected chi connectivity index (χ3v) is 3.61. The molecule has 0 bridgehead atoms. The van der Waals surface area contributed by atoms with Gasteiger partial charge in [-0.05, 0) is 37.3 Å². The molecule has 0 fully saturated rings. The molecule has 0 spiro atoms. The monoisotopic (exact) mass is 272 g/mol. The number of aromatic amines is 1. The Kier molecular flexibility index (Phi) is 4.83. The first-order valence-electron chi connectivity index (χ1n) is 7.40. The van der Waals surface area contributed by atoms with E-state index in [0.717, 1.165) is 29.3 Å². The van der Waals surface area contributed by atoms with E-state index in [2.05, 4.69) is 37.1 Å². The number of amides is 1. The van der Waals surface area contributed by atoms with Gasteiger partial charge in [-0.3, -0.25) is 4.79 Å². The summed E-state index contributed by atoms with van der Waals surface area (Å²) in [6, 6.07) is 8.33. The number of para-hydroxylation sites is 1. The Morgan fingerprint density at radius 3 is 2.70 bits per heavy atom. The minimum absolute atomic E-state index is 0.103. The van der Waals surface area contributed by atoms with Crippen LogP contribution in [0.2, 0.25) is 0 Å². The van der Waals surface area contributed by atoms with Crippen molar-refractivity contribution in [1.82, 2.24) is 10.3 Å². The Labute approximate surface area is 120 Å². The molecule has 1 unspecified atom stereocenters. The van der Waals surface area contributed by atoms with E-state index in [1.54, 1.807) is 0 Å². The van der Waals surface area contributed by atoms with Gasteiger partial charge in [-0.1, -0.05) is 32.0 Å². The maximum absolute atomic E-state index is 12.1. The van der Waals surface area contributed by atoms with Crippen LogP contribution in [0, 0.1) is 5.92 Å². The van der Waals surface area contributed by atoms with Gasteiger partial charge >= 0.3 is 0 Å². The van der Waals surface area contributed by atoms with Crippen LogP contribution in [0.25, 0.3) is 10.9 Å². The summed E-state index contributed by atoms with van der Waals surface area (Å²) in [6.45, 7) is 6.50. The molecule has 1 amide bonds. The molecule has 20 heavy (non-hydrogen) atoms. The Morgan fingerprint density at radius 2 is 1.95 bits per heavy atom. The third kappa shape index (κ3) is 3.86. The zero-order valence-electron chi connectivity index (χ0n) is 12.6. The number of fused-ring (bicyclic) bond motifs is 1. The number of nitrogens with one attached hydrogen (secondary N) is 2. The van der Waals surface area contributed by atoms with Gasteiger partial charge in [-0.15, -0.1) is 0 Å². The second kappa shape index (κ2) is 6.60. The van der Waals surface area contributed by atoms with Crippen molar-refractivity contribution in [2.24, 2.45) is 5.92 Å². The van der Waals surface area contributed by atoms with Crippen LogP contribution in [0.4, 0.5) is 0 Å². The zero-order valence-corrected chi connectivity index (χ0v) is 12.6.